The Labute approximate surface area is 122 Å². The molecule has 1 saturated heterocycles. The van der Waals surface area contributed by atoms with Crippen LogP contribution in [0.4, 0.5) is 5.82 Å². The highest BCUT2D eigenvalue weighted by atomic mass is 16.5. The van der Waals surface area contributed by atoms with E-state index in [0.29, 0.717) is 0 Å². The van der Waals surface area contributed by atoms with Crippen molar-refractivity contribution in [1.82, 2.24) is 14.8 Å². The van der Waals surface area contributed by atoms with Gasteiger partial charge in [-0.15, -0.1) is 0 Å². The Morgan fingerprint density at radius 3 is 2.50 bits per heavy atom. The van der Waals surface area contributed by atoms with Gasteiger partial charge in [0.1, 0.15) is 0 Å². The number of pyridine rings is 1. The Bertz CT molecular complexity index is 428. The van der Waals surface area contributed by atoms with E-state index in [1.165, 1.54) is 0 Å². The molecule has 0 radical (unpaired) electrons. The van der Waals surface area contributed by atoms with Crippen LogP contribution in [-0.4, -0.2) is 75.3 Å². The zero-order chi connectivity index (χ0) is 14.5. The predicted octanol–water partition coefficient (Wildman–Crippen LogP) is 1.08. The third-order valence-corrected chi connectivity index (χ3v) is 3.73. The van der Waals surface area contributed by atoms with Gasteiger partial charge in [-0.2, -0.15) is 0 Å². The van der Waals surface area contributed by atoms with Crippen molar-refractivity contribution in [3.8, 4) is 5.75 Å². The lowest BCUT2D eigenvalue weighted by atomic mass is 10.2. The van der Waals surface area contributed by atoms with Gasteiger partial charge in [-0.1, -0.05) is 0 Å². The summed E-state index contributed by atoms with van der Waals surface area (Å²) in [4.78, 5) is 11.7. The Kier molecular flexibility index (Phi) is 5.20. The van der Waals surface area contributed by atoms with E-state index in [0.717, 1.165) is 56.5 Å². The van der Waals surface area contributed by atoms with E-state index in [9.17, 15) is 0 Å². The lowest BCUT2D eigenvalue weighted by Crippen LogP contribution is -2.48. The minimum atomic E-state index is 0.873. The Hall–Kier alpha value is -1.33. The highest BCUT2D eigenvalue weighted by Gasteiger charge is 2.20. The molecule has 1 fully saturated rings. The van der Waals surface area contributed by atoms with Crippen molar-refractivity contribution in [2.45, 2.75) is 6.92 Å². The molecule has 112 valence electrons. The highest BCUT2D eigenvalue weighted by Crippen LogP contribution is 2.26. The molecule has 0 bridgehead atoms. The summed E-state index contributed by atoms with van der Waals surface area (Å²) < 4.78 is 5.43. The number of hydrogen-bond acceptors (Lipinski definition) is 5. The minimum Gasteiger partial charge on any atom is -0.493 e. The molecule has 0 amide bonds. The van der Waals surface area contributed by atoms with Crippen molar-refractivity contribution in [2.75, 3.05) is 65.4 Å². The maximum absolute atomic E-state index is 5.43. The molecule has 2 heterocycles. The van der Waals surface area contributed by atoms with E-state index in [4.69, 9.17) is 4.74 Å². The molecule has 0 spiro atoms. The second-order valence-corrected chi connectivity index (χ2v) is 5.61. The van der Waals surface area contributed by atoms with Gasteiger partial charge in [-0.25, -0.2) is 4.98 Å². The number of piperazine rings is 1. The quantitative estimate of drug-likeness (QED) is 0.805. The number of nitrogens with zero attached hydrogens (tertiary/aromatic N) is 4. The van der Waals surface area contributed by atoms with E-state index >= 15 is 0 Å². The zero-order valence-electron chi connectivity index (χ0n) is 13.1. The molecule has 1 aliphatic rings. The number of aryl methyl sites for hydroxylation is 1. The van der Waals surface area contributed by atoms with Gasteiger partial charge in [0.2, 0.25) is 0 Å². The van der Waals surface area contributed by atoms with Crippen molar-refractivity contribution in [1.29, 1.82) is 0 Å². The van der Waals surface area contributed by atoms with E-state index in [-0.39, 0.29) is 0 Å². The number of aromatic nitrogens is 1. The molecule has 0 unspecified atom stereocenters. The van der Waals surface area contributed by atoms with Gasteiger partial charge in [0, 0.05) is 45.0 Å². The molecule has 20 heavy (non-hydrogen) atoms. The van der Waals surface area contributed by atoms with Crippen molar-refractivity contribution in [3.05, 3.63) is 17.8 Å². The summed E-state index contributed by atoms with van der Waals surface area (Å²) in [6.45, 7) is 8.49. The van der Waals surface area contributed by atoms with Crippen LogP contribution in [0.1, 0.15) is 5.69 Å². The Morgan fingerprint density at radius 1 is 1.20 bits per heavy atom. The molecular weight excluding hydrogens is 252 g/mol. The lowest BCUT2D eigenvalue weighted by Gasteiger charge is -2.36. The molecule has 2 rings (SSSR count). The van der Waals surface area contributed by atoms with Crippen molar-refractivity contribution < 1.29 is 4.74 Å². The number of hydrogen-bond donors (Lipinski definition) is 0. The smallest absolute Gasteiger partial charge is 0.171 e. The maximum Gasteiger partial charge on any atom is 0.171 e. The van der Waals surface area contributed by atoms with Gasteiger partial charge in [-0.3, -0.25) is 4.90 Å². The van der Waals surface area contributed by atoms with Crippen molar-refractivity contribution in [2.24, 2.45) is 0 Å². The van der Waals surface area contributed by atoms with E-state index in [1.54, 1.807) is 7.11 Å². The third kappa shape index (κ3) is 3.84. The fourth-order valence-corrected chi connectivity index (χ4v) is 2.44. The molecule has 1 aliphatic heterocycles. The third-order valence-electron chi connectivity index (χ3n) is 3.73. The van der Waals surface area contributed by atoms with Crippen LogP contribution in [0, 0.1) is 6.92 Å². The monoisotopic (exact) mass is 278 g/mol. The number of likely N-dealkylation sites (N-methyl/N-ethyl adjacent to an activating group) is 1. The molecular formula is C15H26N4O. The summed E-state index contributed by atoms with van der Waals surface area (Å²) in [6, 6.07) is 4.01. The van der Waals surface area contributed by atoms with Crippen LogP contribution < -0.4 is 9.64 Å². The summed E-state index contributed by atoms with van der Waals surface area (Å²) in [5.41, 5.74) is 1.04. The second-order valence-electron chi connectivity index (χ2n) is 5.61. The van der Waals surface area contributed by atoms with Gasteiger partial charge in [0.05, 0.1) is 7.11 Å². The molecule has 1 aromatic heterocycles. The average molecular weight is 278 g/mol. The summed E-state index contributed by atoms with van der Waals surface area (Å²) in [6.07, 6.45) is 0. The Morgan fingerprint density at radius 2 is 1.90 bits per heavy atom. The van der Waals surface area contributed by atoms with Gasteiger partial charge in [0.25, 0.3) is 0 Å². The Balaban J connectivity index is 1.95. The predicted molar refractivity (Wildman–Crippen MR) is 82.7 cm³/mol. The molecule has 0 aliphatic carbocycles. The largest absolute Gasteiger partial charge is 0.493 e. The van der Waals surface area contributed by atoms with Crippen LogP contribution in [0.15, 0.2) is 12.1 Å². The minimum absolute atomic E-state index is 0.873. The fourth-order valence-electron chi connectivity index (χ4n) is 2.44. The van der Waals surface area contributed by atoms with Gasteiger partial charge < -0.3 is 14.5 Å². The van der Waals surface area contributed by atoms with Crippen LogP contribution >= 0.6 is 0 Å². The number of methoxy groups -OCH3 is 1. The molecule has 5 nitrogen and oxygen atoms in total. The number of ether oxygens (including phenoxy) is 1. The SMILES string of the molecule is COc1ccc(C)nc1N1CCN(CCN(C)C)CC1. The van der Waals surface area contributed by atoms with Gasteiger partial charge >= 0.3 is 0 Å². The summed E-state index contributed by atoms with van der Waals surface area (Å²) in [7, 11) is 5.96. The van der Waals surface area contributed by atoms with Crippen molar-refractivity contribution in [3.63, 3.8) is 0 Å². The summed E-state index contributed by atoms with van der Waals surface area (Å²) in [5, 5.41) is 0. The normalized spacial score (nSPS) is 16.8. The molecule has 5 heteroatoms. The van der Waals surface area contributed by atoms with E-state index < -0.39 is 0 Å². The van der Waals surface area contributed by atoms with Crippen LogP contribution in [0.3, 0.4) is 0 Å². The number of rotatable bonds is 5. The van der Waals surface area contributed by atoms with Crippen LogP contribution in [-0.2, 0) is 0 Å². The first-order chi connectivity index (χ1) is 9.60. The van der Waals surface area contributed by atoms with Crippen LogP contribution in [0.25, 0.3) is 0 Å². The lowest BCUT2D eigenvalue weighted by molar-refractivity contribution is 0.228. The summed E-state index contributed by atoms with van der Waals surface area (Å²) in [5.74, 6) is 1.86. The van der Waals surface area contributed by atoms with E-state index in [1.807, 2.05) is 19.1 Å². The maximum atomic E-state index is 5.43. The second kappa shape index (κ2) is 6.90. The van der Waals surface area contributed by atoms with E-state index in [2.05, 4.69) is 33.8 Å². The molecule has 0 saturated carbocycles. The molecule has 1 aromatic rings. The van der Waals surface area contributed by atoms with Crippen molar-refractivity contribution >= 4 is 5.82 Å². The molecule has 0 aromatic carbocycles. The first kappa shape index (κ1) is 15.1. The topological polar surface area (TPSA) is 31.8 Å². The molecule has 0 atom stereocenters. The molecule has 0 N–H and O–H groups in total. The zero-order valence-corrected chi connectivity index (χ0v) is 13.1. The summed E-state index contributed by atoms with van der Waals surface area (Å²) >= 11 is 0. The fraction of sp³-hybridized carbons (Fsp3) is 0.667. The number of anilines is 1. The van der Waals surface area contributed by atoms with Crippen LogP contribution in [0.5, 0.6) is 5.75 Å². The van der Waals surface area contributed by atoms with Gasteiger partial charge in [-0.05, 0) is 33.2 Å². The first-order valence-electron chi connectivity index (χ1n) is 7.24. The van der Waals surface area contributed by atoms with Gasteiger partial charge in [0.15, 0.2) is 11.6 Å². The highest BCUT2D eigenvalue weighted by molar-refractivity contribution is 5.53. The average Bonchev–Trinajstić information content (AvgIpc) is 2.45. The van der Waals surface area contributed by atoms with Crippen LogP contribution in [0.2, 0.25) is 0 Å². The first-order valence-corrected chi connectivity index (χ1v) is 7.24. The standard InChI is InChI=1S/C15H26N4O/c1-13-5-6-14(20-4)15(16-13)19-11-9-18(10-12-19)8-7-17(2)3/h5-6H,7-12H2,1-4H3.